The molecule has 1 amide bonds. The summed E-state index contributed by atoms with van der Waals surface area (Å²) in [5.74, 6) is 0.327. The van der Waals surface area contributed by atoms with E-state index < -0.39 is 0 Å². The number of nitrogens with one attached hydrogen (secondary N) is 1. The first-order chi connectivity index (χ1) is 15.0. The van der Waals surface area contributed by atoms with Gasteiger partial charge in [0.2, 0.25) is 0 Å². The molecule has 0 spiro atoms. The first-order valence-corrected chi connectivity index (χ1v) is 9.93. The van der Waals surface area contributed by atoms with E-state index in [2.05, 4.69) is 15.3 Å². The Bertz CT molecular complexity index is 1450. The molecule has 31 heavy (non-hydrogen) atoms. The van der Waals surface area contributed by atoms with Gasteiger partial charge in [0.15, 0.2) is 0 Å². The highest BCUT2D eigenvalue weighted by Crippen LogP contribution is 2.23. The largest absolute Gasteiger partial charge is 0.331 e. The Kier molecular flexibility index (Phi) is 4.51. The molecule has 0 aliphatic carbocycles. The lowest BCUT2D eigenvalue weighted by Gasteiger charge is -2.11. The van der Waals surface area contributed by atoms with Crippen LogP contribution in [-0.2, 0) is 13.6 Å². The molecule has 2 aromatic carbocycles. The van der Waals surface area contributed by atoms with Crippen molar-refractivity contribution in [2.45, 2.75) is 13.5 Å². The van der Waals surface area contributed by atoms with Crippen LogP contribution in [0, 0.1) is 12.7 Å². The zero-order valence-electron chi connectivity index (χ0n) is 17.1. The van der Waals surface area contributed by atoms with Crippen LogP contribution in [0.25, 0.3) is 22.1 Å². The molecule has 0 aliphatic heterocycles. The number of anilines is 1. The van der Waals surface area contributed by atoms with Gasteiger partial charge in [-0.15, -0.1) is 0 Å². The Hall–Kier alpha value is -4.00. The van der Waals surface area contributed by atoms with E-state index in [1.165, 1.54) is 12.1 Å². The van der Waals surface area contributed by atoms with Crippen LogP contribution in [0.4, 0.5) is 10.1 Å². The van der Waals surface area contributed by atoms with Crippen LogP contribution in [0.15, 0.2) is 66.9 Å². The van der Waals surface area contributed by atoms with Gasteiger partial charge in [-0.2, -0.15) is 0 Å². The minimum atomic E-state index is -0.313. The molecule has 7 heteroatoms. The summed E-state index contributed by atoms with van der Waals surface area (Å²) in [6, 6.07) is 17.6. The molecule has 3 heterocycles. The van der Waals surface area contributed by atoms with Gasteiger partial charge in [0.25, 0.3) is 5.91 Å². The Morgan fingerprint density at radius 2 is 1.97 bits per heavy atom. The predicted molar refractivity (Wildman–Crippen MR) is 119 cm³/mol. The van der Waals surface area contributed by atoms with Crippen molar-refractivity contribution < 1.29 is 9.18 Å². The Morgan fingerprint density at radius 1 is 1.10 bits per heavy atom. The Balaban J connectivity index is 1.52. The summed E-state index contributed by atoms with van der Waals surface area (Å²) in [4.78, 5) is 22.2. The third-order valence-corrected chi connectivity index (χ3v) is 5.48. The van der Waals surface area contributed by atoms with E-state index in [1.54, 1.807) is 18.3 Å². The minimum absolute atomic E-state index is 0.263. The van der Waals surface area contributed by atoms with Crippen molar-refractivity contribution in [3.05, 3.63) is 89.8 Å². The molecular weight excluding hydrogens is 393 g/mol. The van der Waals surface area contributed by atoms with Gasteiger partial charge in [-0.05, 0) is 61.0 Å². The van der Waals surface area contributed by atoms with Crippen molar-refractivity contribution >= 4 is 33.7 Å². The molecule has 1 N–H and O–H groups in total. The number of carbonyl (C=O) groups excluding carboxylic acids is 1. The monoisotopic (exact) mass is 413 g/mol. The summed E-state index contributed by atoms with van der Waals surface area (Å²) in [6.07, 6.45) is 1.68. The predicted octanol–water partition coefficient (Wildman–Crippen LogP) is 4.67. The van der Waals surface area contributed by atoms with Crippen LogP contribution < -0.4 is 5.32 Å². The van der Waals surface area contributed by atoms with E-state index in [4.69, 9.17) is 0 Å². The number of nitrogens with zero attached hydrogens (tertiary/aromatic N) is 4. The summed E-state index contributed by atoms with van der Waals surface area (Å²) in [5, 5.41) is 3.81. The summed E-state index contributed by atoms with van der Waals surface area (Å²) in [6.45, 7) is 2.27. The number of aryl methyl sites for hydroxylation is 2. The summed E-state index contributed by atoms with van der Waals surface area (Å²) in [7, 11) is 1.96. The quantitative estimate of drug-likeness (QED) is 0.466. The fourth-order valence-corrected chi connectivity index (χ4v) is 3.85. The normalized spacial score (nSPS) is 11.3. The smallest absolute Gasteiger partial charge is 0.272 e. The fraction of sp³-hybridized carbons (Fsp3) is 0.125. The number of carbonyl (C=O) groups is 1. The van der Waals surface area contributed by atoms with Gasteiger partial charge in [-0.1, -0.05) is 12.1 Å². The second kappa shape index (κ2) is 7.36. The Labute approximate surface area is 178 Å². The number of rotatable bonds is 4. The van der Waals surface area contributed by atoms with Gasteiger partial charge < -0.3 is 14.5 Å². The third-order valence-electron chi connectivity index (χ3n) is 5.48. The van der Waals surface area contributed by atoms with E-state index in [0.717, 1.165) is 27.8 Å². The maximum Gasteiger partial charge on any atom is 0.272 e. The topological polar surface area (TPSA) is 64.7 Å². The molecular formula is C24H20FN5O. The first-order valence-electron chi connectivity index (χ1n) is 9.93. The van der Waals surface area contributed by atoms with E-state index >= 15 is 0 Å². The van der Waals surface area contributed by atoms with Crippen molar-refractivity contribution in [1.29, 1.82) is 0 Å². The van der Waals surface area contributed by atoms with Gasteiger partial charge in [0.05, 0.1) is 11.0 Å². The van der Waals surface area contributed by atoms with E-state index in [9.17, 15) is 9.18 Å². The lowest BCUT2D eigenvalue weighted by Crippen LogP contribution is -2.17. The van der Waals surface area contributed by atoms with Crippen molar-refractivity contribution in [2.24, 2.45) is 7.05 Å². The van der Waals surface area contributed by atoms with Crippen LogP contribution >= 0.6 is 0 Å². The van der Waals surface area contributed by atoms with Crippen LogP contribution in [0.2, 0.25) is 0 Å². The molecule has 5 aromatic rings. The summed E-state index contributed by atoms with van der Waals surface area (Å²) >= 11 is 0. The molecule has 3 aromatic heterocycles. The number of halogens is 1. The molecule has 6 nitrogen and oxygen atoms in total. The van der Waals surface area contributed by atoms with E-state index in [0.29, 0.717) is 23.6 Å². The van der Waals surface area contributed by atoms with Crippen molar-refractivity contribution in [2.75, 3.05) is 5.32 Å². The number of pyridine rings is 1. The van der Waals surface area contributed by atoms with E-state index in [1.807, 2.05) is 59.5 Å². The lowest BCUT2D eigenvalue weighted by atomic mass is 10.2. The second-order valence-corrected chi connectivity index (χ2v) is 7.54. The summed E-state index contributed by atoms with van der Waals surface area (Å²) in [5.41, 5.74) is 4.36. The highest BCUT2D eigenvalue weighted by Gasteiger charge is 2.17. The minimum Gasteiger partial charge on any atom is -0.331 e. The van der Waals surface area contributed by atoms with Gasteiger partial charge in [0, 0.05) is 30.9 Å². The summed E-state index contributed by atoms with van der Waals surface area (Å²) < 4.78 is 17.5. The Morgan fingerprint density at radius 3 is 2.81 bits per heavy atom. The third kappa shape index (κ3) is 3.44. The molecule has 0 saturated heterocycles. The second-order valence-electron chi connectivity index (χ2n) is 7.54. The zero-order valence-corrected chi connectivity index (χ0v) is 17.1. The van der Waals surface area contributed by atoms with Crippen molar-refractivity contribution in [1.82, 2.24) is 19.1 Å². The van der Waals surface area contributed by atoms with Crippen LogP contribution in [-0.4, -0.2) is 25.0 Å². The number of hydrogen-bond acceptors (Lipinski definition) is 3. The van der Waals surface area contributed by atoms with Gasteiger partial charge in [-0.3, -0.25) is 4.79 Å². The average molecular weight is 413 g/mol. The zero-order chi connectivity index (χ0) is 21.5. The number of fused-ring (bicyclic) bond motifs is 2. The van der Waals surface area contributed by atoms with Crippen LogP contribution in [0.3, 0.4) is 0 Å². The molecule has 5 rings (SSSR count). The SMILES string of the molecule is Cc1nc2cc(NC(=O)c3cc4cccnc4n3Cc3cccc(F)c3)ccc2n1C. The highest BCUT2D eigenvalue weighted by molar-refractivity contribution is 6.06. The molecule has 0 atom stereocenters. The van der Waals surface area contributed by atoms with Gasteiger partial charge in [0.1, 0.15) is 23.0 Å². The van der Waals surface area contributed by atoms with E-state index in [-0.39, 0.29) is 11.7 Å². The molecule has 0 fully saturated rings. The van der Waals surface area contributed by atoms with Gasteiger partial charge in [-0.25, -0.2) is 14.4 Å². The number of hydrogen-bond donors (Lipinski definition) is 1. The molecule has 0 radical (unpaired) electrons. The fourth-order valence-electron chi connectivity index (χ4n) is 3.85. The first kappa shape index (κ1) is 19.0. The van der Waals surface area contributed by atoms with Crippen molar-refractivity contribution in [3.63, 3.8) is 0 Å². The van der Waals surface area contributed by atoms with Crippen molar-refractivity contribution in [3.8, 4) is 0 Å². The molecule has 154 valence electrons. The van der Waals surface area contributed by atoms with Crippen LogP contribution in [0.1, 0.15) is 21.9 Å². The maximum absolute atomic E-state index is 13.7. The highest BCUT2D eigenvalue weighted by atomic mass is 19.1. The number of imidazole rings is 1. The van der Waals surface area contributed by atoms with Crippen LogP contribution in [0.5, 0.6) is 0 Å². The molecule has 0 unspecified atom stereocenters. The average Bonchev–Trinajstić information content (AvgIpc) is 3.25. The number of amides is 1. The number of aromatic nitrogens is 4. The molecule has 0 bridgehead atoms. The molecule has 0 aliphatic rings. The number of benzene rings is 2. The maximum atomic E-state index is 13.7. The standard InChI is InChI=1S/C24H20FN5O/c1-15-27-20-13-19(8-9-21(20)29(15)2)28-24(31)22-12-17-6-4-10-26-23(17)30(22)14-16-5-3-7-18(25)11-16/h3-13H,14H2,1-2H3,(H,28,31). The van der Waals surface area contributed by atoms with Gasteiger partial charge >= 0.3 is 0 Å². The lowest BCUT2D eigenvalue weighted by molar-refractivity contribution is 0.101. The molecule has 0 saturated carbocycles.